The van der Waals surface area contributed by atoms with Crippen molar-refractivity contribution in [1.82, 2.24) is 0 Å². The molecule has 4 heteroatoms. The monoisotopic (exact) mass is 230 g/mol. The van der Waals surface area contributed by atoms with Crippen LogP contribution in [0.1, 0.15) is 18.9 Å². The van der Waals surface area contributed by atoms with Crippen LogP contribution in [-0.4, -0.2) is 11.3 Å². The molecule has 1 rings (SSSR count). The molecule has 0 aromatic heterocycles. The summed E-state index contributed by atoms with van der Waals surface area (Å²) in [6.07, 6.45) is -2.19. The first kappa shape index (κ1) is 12.8. The van der Waals surface area contributed by atoms with Crippen molar-refractivity contribution in [3.63, 3.8) is 0 Å². The van der Waals surface area contributed by atoms with Gasteiger partial charge in [0.15, 0.2) is 0 Å². The summed E-state index contributed by atoms with van der Waals surface area (Å²) in [6.45, 7) is 1.71. The van der Waals surface area contributed by atoms with Crippen LogP contribution >= 0.6 is 0 Å². The maximum atomic E-state index is 12.8. The fourth-order valence-electron chi connectivity index (χ4n) is 1.34. The molecule has 0 saturated heterocycles. The number of hydrogen-bond donors (Lipinski definition) is 1. The van der Waals surface area contributed by atoms with Crippen LogP contribution in [0, 0.1) is 0 Å². The molecular weight excluding hydrogens is 217 g/mol. The number of alkyl halides is 3. The van der Waals surface area contributed by atoms with Crippen LogP contribution in [0.4, 0.5) is 13.2 Å². The standard InChI is InChI=1S/C12H13F3O/c1-2-3-9-11(16,12(13,14)15)10-7-5-4-6-8-10/h3-9,16H,2H2,1H3. The summed E-state index contributed by atoms with van der Waals surface area (Å²) in [5.74, 6) is 0. The molecule has 1 unspecified atom stereocenters. The van der Waals surface area contributed by atoms with Gasteiger partial charge in [0.25, 0.3) is 0 Å². The van der Waals surface area contributed by atoms with Gasteiger partial charge < -0.3 is 5.11 Å². The van der Waals surface area contributed by atoms with E-state index in [0.29, 0.717) is 6.42 Å². The van der Waals surface area contributed by atoms with Crippen LogP contribution in [0.15, 0.2) is 42.5 Å². The summed E-state index contributed by atoms with van der Waals surface area (Å²) < 4.78 is 38.4. The fraction of sp³-hybridized carbons (Fsp3) is 0.333. The Morgan fingerprint density at radius 3 is 2.19 bits per heavy atom. The largest absolute Gasteiger partial charge is 0.425 e. The Bertz CT molecular complexity index is 356. The van der Waals surface area contributed by atoms with Crippen LogP contribution in [-0.2, 0) is 5.60 Å². The van der Waals surface area contributed by atoms with E-state index in [0.717, 1.165) is 6.08 Å². The van der Waals surface area contributed by atoms with E-state index >= 15 is 0 Å². The lowest BCUT2D eigenvalue weighted by Gasteiger charge is -2.27. The first-order chi connectivity index (χ1) is 7.42. The first-order valence-electron chi connectivity index (χ1n) is 4.94. The van der Waals surface area contributed by atoms with Crippen LogP contribution in [0.3, 0.4) is 0 Å². The predicted molar refractivity (Wildman–Crippen MR) is 55.8 cm³/mol. The van der Waals surface area contributed by atoms with Gasteiger partial charge in [0.05, 0.1) is 0 Å². The van der Waals surface area contributed by atoms with Gasteiger partial charge in [-0.15, -0.1) is 0 Å². The average Bonchev–Trinajstić information content (AvgIpc) is 2.25. The molecule has 0 aliphatic rings. The number of aliphatic hydroxyl groups is 1. The molecule has 0 saturated carbocycles. The molecule has 0 aliphatic carbocycles. The molecule has 0 aliphatic heterocycles. The molecule has 1 aromatic carbocycles. The Hall–Kier alpha value is -1.29. The van der Waals surface area contributed by atoms with E-state index < -0.39 is 11.8 Å². The summed E-state index contributed by atoms with van der Waals surface area (Å²) in [4.78, 5) is 0. The third kappa shape index (κ3) is 2.44. The Kier molecular flexibility index (Phi) is 3.75. The van der Waals surface area contributed by atoms with Gasteiger partial charge in [0.2, 0.25) is 5.60 Å². The third-order valence-electron chi connectivity index (χ3n) is 2.24. The van der Waals surface area contributed by atoms with Crippen LogP contribution < -0.4 is 0 Å². The number of allylic oxidation sites excluding steroid dienone is 1. The molecule has 1 N–H and O–H groups in total. The summed E-state index contributed by atoms with van der Waals surface area (Å²) in [6, 6.07) is 7.04. The summed E-state index contributed by atoms with van der Waals surface area (Å²) >= 11 is 0. The van der Waals surface area contributed by atoms with Crippen molar-refractivity contribution >= 4 is 0 Å². The lowest BCUT2D eigenvalue weighted by atomic mass is 9.92. The highest BCUT2D eigenvalue weighted by Crippen LogP contribution is 2.40. The molecule has 88 valence electrons. The van der Waals surface area contributed by atoms with E-state index in [-0.39, 0.29) is 5.56 Å². The van der Waals surface area contributed by atoms with Gasteiger partial charge in [0, 0.05) is 0 Å². The van der Waals surface area contributed by atoms with Crippen molar-refractivity contribution in [3.05, 3.63) is 48.0 Å². The second kappa shape index (κ2) is 4.70. The molecule has 0 amide bonds. The van der Waals surface area contributed by atoms with E-state index in [4.69, 9.17) is 0 Å². The molecule has 0 radical (unpaired) electrons. The minimum Gasteiger partial charge on any atom is -0.373 e. The van der Waals surface area contributed by atoms with Crippen molar-refractivity contribution in [1.29, 1.82) is 0 Å². The maximum absolute atomic E-state index is 12.8. The zero-order valence-electron chi connectivity index (χ0n) is 8.83. The minimum atomic E-state index is -4.72. The van der Waals surface area contributed by atoms with Crippen molar-refractivity contribution in [2.45, 2.75) is 25.1 Å². The van der Waals surface area contributed by atoms with Crippen LogP contribution in [0.2, 0.25) is 0 Å². The van der Waals surface area contributed by atoms with Crippen LogP contribution in [0.5, 0.6) is 0 Å². The first-order valence-corrected chi connectivity index (χ1v) is 4.94. The number of hydrogen-bond acceptors (Lipinski definition) is 1. The SMILES string of the molecule is CCC=CC(O)(c1ccccc1)C(F)(F)F. The Balaban J connectivity index is 3.21. The van der Waals surface area contributed by atoms with E-state index in [1.165, 1.54) is 30.3 Å². The molecule has 0 heterocycles. The van der Waals surface area contributed by atoms with Gasteiger partial charge in [-0.2, -0.15) is 13.2 Å². The van der Waals surface area contributed by atoms with Crippen LogP contribution in [0.25, 0.3) is 0 Å². The molecule has 16 heavy (non-hydrogen) atoms. The minimum absolute atomic E-state index is 0.174. The van der Waals surface area contributed by atoms with Gasteiger partial charge in [-0.25, -0.2) is 0 Å². The van der Waals surface area contributed by atoms with Crippen molar-refractivity contribution in [3.8, 4) is 0 Å². The van der Waals surface area contributed by atoms with Crippen molar-refractivity contribution < 1.29 is 18.3 Å². The number of halogens is 3. The number of benzene rings is 1. The highest BCUT2D eigenvalue weighted by molar-refractivity contribution is 5.29. The van der Waals surface area contributed by atoms with Gasteiger partial charge in [0.1, 0.15) is 0 Å². The van der Waals surface area contributed by atoms with Crippen molar-refractivity contribution in [2.24, 2.45) is 0 Å². The highest BCUT2D eigenvalue weighted by Gasteiger charge is 2.52. The molecule has 0 bridgehead atoms. The van der Waals surface area contributed by atoms with E-state index in [9.17, 15) is 18.3 Å². The maximum Gasteiger partial charge on any atom is 0.425 e. The Morgan fingerprint density at radius 2 is 1.75 bits per heavy atom. The van der Waals surface area contributed by atoms with E-state index in [1.807, 2.05) is 0 Å². The zero-order chi connectivity index (χ0) is 12.2. The molecular formula is C12H13F3O. The van der Waals surface area contributed by atoms with Gasteiger partial charge in [-0.3, -0.25) is 0 Å². The van der Waals surface area contributed by atoms with Gasteiger partial charge in [-0.05, 0) is 18.1 Å². The van der Waals surface area contributed by atoms with Crippen molar-refractivity contribution in [2.75, 3.05) is 0 Å². The molecule has 1 nitrogen and oxygen atoms in total. The molecule has 1 atom stereocenters. The quantitative estimate of drug-likeness (QED) is 0.789. The number of rotatable bonds is 3. The highest BCUT2D eigenvalue weighted by atomic mass is 19.4. The summed E-state index contributed by atoms with van der Waals surface area (Å²) in [7, 11) is 0. The second-order valence-electron chi connectivity index (χ2n) is 3.44. The Labute approximate surface area is 92.2 Å². The van der Waals surface area contributed by atoms with E-state index in [1.54, 1.807) is 13.0 Å². The Morgan fingerprint density at radius 1 is 1.19 bits per heavy atom. The van der Waals surface area contributed by atoms with Gasteiger partial charge in [-0.1, -0.05) is 43.3 Å². The summed E-state index contributed by atoms with van der Waals surface area (Å²) in [5.41, 5.74) is -3.07. The third-order valence-corrected chi connectivity index (χ3v) is 2.24. The topological polar surface area (TPSA) is 20.2 Å². The smallest absolute Gasteiger partial charge is 0.373 e. The molecule has 0 spiro atoms. The second-order valence-corrected chi connectivity index (χ2v) is 3.44. The lowest BCUT2D eigenvalue weighted by molar-refractivity contribution is -0.245. The lowest BCUT2D eigenvalue weighted by Crippen LogP contribution is -2.40. The zero-order valence-corrected chi connectivity index (χ0v) is 8.83. The fourth-order valence-corrected chi connectivity index (χ4v) is 1.34. The predicted octanol–water partition coefficient (Wildman–Crippen LogP) is 3.40. The normalized spacial score (nSPS) is 16.3. The molecule has 0 fully saturated rings. The van der Waals surface area contributed by atoms with E-state index in [2.05, 4.69) is 0 Å². The van der Waals surface area contributed by atoms with Gasteiger partial charge >= 0.3 is 6.18 Å². The summed E-state index contributed by atoms with van der Waals surface area (Å²) in [5, 5.41) is 9.74. The molecule has 1 aromatic rings. The average molecular weight is 230 g/mol.